The summed E-state index contributed by atoms with van der Waals surface area (Å²) in [6.07, 6.45) is 60.4. The Balaban J connectivity index is 5.36. The molecule has 0 spiro atoms. The summed E-state index contributed by atoms with van der Waals surface area (Å²) < 4.78 is 30.2. The summed E-state index contributed by atoms with van der Waals surface area (Å²) >= 11 is 0. The van der Waals surface area contributed by atoms with Crippen molar-refractivity contribution in [2.45, 2.75) is 264 Å². The quantitative estimate of drug-likeness (QED) is 0.0212. The van der Waals surface area contributed by atoms with Crippen molar-refractivity contribution in [2.24, 2.45) is 0 Å². The third-order valence-corrected chi connectivity index (χ3v) is 13.4. The molecular weight excluding hydrogens is 880 g/mol. The van der Waals surface area contributed by atoms with E-state index in [0.29, 0.717) is 17.4 Å². The fourth-order valence-electron chi connectivity index (χ4n) is 7.97. The summed E-state index contributed by atoms with van der Waals surface area (Å²) in [5.74, 6) is -0.575. The van der Waals surface area contributed by atoms with Crippen molar-refractivity contribution < 1.29 is 37.3 Å². The van der Waals surface area contributed by atoms with E-state index in [4.69, 9.17) is 13.8 Å². The summed E-state index contributed by atoms with van der Waals surface area (Å²) in [5.41, 5.74) is 0. The van der Waals surface area contributed by atoms with E-state index in [1.54, 1.807) is 0 Å². The number of rotatable bonds is 51. The lowest BCUT2D eigenvalue weighted by atomic mass is 10.0. The normalized spacial score (nSPS) is 14.2. The number of phosphoric ester groups is 1. The van der Waals surface area contributed by atoms with Crippen LogP contribution in [0.4, 0.5) is 0 Å². The third-order valence-electron chi connectivity index (χ3n) is 12.5. The van der Waals surface area contributed by atoms with E-state index in [-0.39, 0.29) is 31.3 Å². The highest BCUT2D eigenvalue weighted by Crippen LogP contribution is 2.38. The molecule has 0 fully saturated rings. The number of nitrogens with one attached hydrogen (secondary N) is 1. The maximum Gasteiger partial charge on any atom is 0.306 e. The molecular formula is C59H109N2O7P. The van der Waals surface area contributed by atoms with Crippen LogP contribution in [0.5, 0.6) is 0 Å². The molecule has 0 bridgehead atoms. The summed E-state index contributed by atoms with van der Waals surface area (Å²) in [6.45, 7) is 6.78. The molecule has 1 amide bonds. The monoisotopic (exact) mass is 989 g/mol. The first kappa shape index (κ1) is 66.7. The predicted octanol–water partition coefficient (Wildman–Crippen LogP) is 16.5. The van der Waals surface area contributed by atoms with Crippen LogP contribution in [-0.4, -0.2) is 69.4 Å². The molecule has 402 valence electrons. The molecule has 0 aliphatic rings. The van der Waals surface area contributed by atoms with Crippen LogP contribution in [0.2, 0.25) is 0 Å². The first-order valence-corrected chi connectivity index (χ1v) is 30.1. The van der Waals surface area contributed by atoms with Crippen LogP contribution in [0.25, 0.3) is 0 Å². The highest BCUT2D eigenvalue weighted by molar-refractivity contribution is 7.45. The third kappa shape index (κ3) is 50.4. The smallest absolute Gasteiger partial charge is 0.306 e. The van der Waals surface area contributed by atoms with Gasteiger partial charge in [0.1, 0.15) is 19.3 Å². The largest absolute Gasteiger partial charge is 0.756 e. The topological polar surface area (TPSA) is 114 Å². The first-order chi connectivity index (χ1) is 33.4. The summed E-state index contributed by atoms with van der Waals surface area (Å²) in [4.78, 5) is 39.8. The summed E-state index contributed by atoms with van der Waals surface area (Å²) in [7, 11) is 1.16. The van der Waals surface area contributed by atoms with Gasteiger partial charge in [0, 0.05) is 12.8 Å². The Bertz CT molecular complexity index is 1370. The van der Waals surface area contributed by atoms with Gasteiger partial charge in [-0.15, -0.1) is 0 Å². The second-order valence-electron chi connectivity index (χ2n) is 20.4. The van der Waals surface area contributed by atoms with Gasteiger partial charge < -0.3 is 28.5 Å². The zero-order valence-electron chi connectivity index (χ0n) is 45.8. The fourth-order valence-corrected chi connectivity index (χ4v) is 8.70. The van der Waals surface area contributed by atoms with Gasteiger partial charge >= 0.3 is 5.97 Å². The molecule has 0 aromatic heterocycles. The first-order valence-electron chi connectivity index (χ1n) is 28.6. The number of quaternary nitrogens is 1. The fraction of sp³-hybridized carbons (Fsp3) is 0.797. The van der Waals surface area contributed by atoms with Crippen molar-refractivity contribution in [3.8, 4) is 0 Å². The van der Waals surface area contributed by atoms with Crippen LogP contribution in [-0.2, 0) is 27.9 Å². The van der Waals surface area contributed by atoms with E-state index >= 15 is 0 Å². The number of ether oxygens (including phenoxy) is 1. The molecule has 69 heavy (non-hydrogen) atoms. The van der Waals surface area contributed by atoms with Crippen LogP contribution >= 0.6 is 7.82 Å². The molecule has 0 rings (SSSR count). The van der Waals surface area contributed by atoms with Gasteiger partial charge in [-0.3, -0.25) is 14.2 Å². The molecule has 3 unspecified atom stereocenters. The van der Waals surface area contributed by atoms with Crippen molar-refractivity contribution in [1.82, 2.24) is 5.32 Å². The minimum atomic E-state index is -4.70. The lowest BCUT2D eigenvalue weighted by Crippen LogP contribution is -2.47. The molecule has 0 saturated carbocycles. The van der Waals surface area contributed by atoms with Gasteiger partial charge in [-0.2, -0.15) is 0 Å². The second kappa shape index (κ2) is 49.3. The Hall–Kier alpha value is -2.29. The van der Waals surface area contributed by atoms with Gasteiger partial charge in [0.05, 0.1) is 33.8 Å². The Kier molecular flexibility index (Phi) is 47.7. The number of esters is 1. The van der Waals surface area contributed by atoms with E-state index in [9.17, 15) is 19.0 Å². The van der Waals surface area contributed by atoms with Crippen LogP contribution in [0.15, 0.2) is 60.8 Å². The molecule has 9 nitrogen and oxygen atoms in total. The molecule has 0 saturated heterocycles. The van der Waals surface area contributed by atoms with Crippen LogP contribution in [0.1, 0.15) is 252 Å². The van der Waals surface area contributed by atoms with Gasteiger partial charge in [-0.05, 0) is 76.7 Å². The molecule has 0 aliphatic carbocycles. The molecule has 3 atom stereocenters. The Morgan fingerprint density at radius 1 is 0.507 bits per heavy atom. The Morgan fingerprint density at radius 3 is 1.36 bits per heavy atom. The maximum atomic E-state index is 13.5. The van der Waals surface area contributed by atoms with E-state index in [1.165, 1.54) is 135 Å². The van der Waals surface area contributed by atoms with Crippen LogP contribution < -0.4 is 10.2 Å². The standard InChI is InChI=1S/C59H109N2O7P/c1-7-10-13-16-19-22-25-27-28-29-30-31-32-34-36-39-42-45-48-51-58(62)60-56(55-67-69(64,65)66-54-53-61(4,5)6)57(50-47-44-41-38-35-24-21-18-15-12-9-3)68-59(63)52-49-46-43-40-37-33-26-23-20-17-14-11-8-2/h19,22,27-28,30-31,34,36,47,50,56-57H,7-18,20-21,23-26,29,32-33,35,37-46,48-49,51-55H2,1-6H3,(H-,60,62,64,65)/b22-19-,28-27-,31-30-,36-34-,50-47-. The lowest BCUT2D eigenvalue weighted by molar-refractivity contribution is -0.870. The Labute approximate surface area is 426 Å². The van der Waals surface area contributed by atoms with Crippen LogP contribution in [0, 0.1) is 0 Å². The number of hydrogen-bond acceptors (Lipinski definition) is 7. The van der Waals surface area contributed by atoms with Crippen molar-refractivity contribution in [1.29, 1.82) is 0 Å². The number of amides is 1. The second-order valence-corrected chi connectivity index (χ2v) is 21.9. The number of nitrogens with zero attached hydrogens (tertiary/aromatic N) is 1. The molecule has 1 N–H and O–H groups in total. The Morgan fingerprint density at radius 2 is 0.884 bits per heavy atom. The summed E-state index contributed by atoms with van der Waals surface area (Å²) in [5, 5.41) is 3.00. The number of allylic oxidation sites excluding steroid dienone is 9. The molecule has 0 radical (unpaired) electrons. The molecule has 10 heteroatoms. The van der Waals surface area contributed by atoms with Crippen LogP contribution in [0.3, 0.4) is 0 Å². The minimum Gasteiger partial charge on any atom is -0.756 e. The maximum absolute atomic E-state index is 13.5. The molecule has 0 heterocycles. The van der Waals surface area contributed by atoms with Gasteiger partial charge in [0.25, 0.3) is 7.82 Å². The minimum absolute atomic E-state index is 0.0292. The number of carbonyl (C=O) groups excluding carboxylic acids is 2. The van der Waals surface area contributed by atoms with E-state index in [0.717, 1.165) is 77.0 Å². The van der Waals surface area contributed by atoms with E-state index < -0.39 is 26.6 Å². The van der Waals surface area contributed by atoms with Gasteiger partial charge in [0.2, 0.25) is 5.91 Å². The molecule has 0 aromatic rings. The lowest BCUT2D eigenvalue weighted by Gasteiger charge is -2.30. The highest BCUT2D eigenvalue weighted by atomic mass is 31.2. The van der Waals surface area contributed by atoms with Crippen molar-refractivity contribution in [3.63, 3.8) is 0 Å². The number of hydrogen-bond donors (Lipinski definition) is 1. The summed E-state index contributed by atoms with van der Waals surface area (Å²) in [6, 6.07) is -0.902. The van der Waals surface area contributed by atoms with Crippen molar-refractivity contribution in [3.05, 3.63) is 60.8 Å². The van der Waals surface area contributed by atoms with Crippen molar-refractivity contribution >= 4 is 19.7 Å². The van der Waals surface area contributed by atoms with Gasteiger partial charge in [-0.25, -0.2) is 0 Å². The number of unbranched alkanes of at least 4 members (excludes halogenated alkanes) is 27. The number of carbonyl (C=O) groups is 2. The van der Waals surface area contributed by atoms with Crippen molar-refractivity contribution in [2.75, 3.05) is 40.9 Å². The van der Waals surface area contributed by atoms with Gasteiger partial charge in [-0.1, -0.05) is 223 Å². The number of likely N-dealkylation sites (N-methyl/N-ethyl adjacent to an activating group) is 1. The van der Waals surface area contributed by atoms with E-state index in [2.05, 4.69) is 74.7 Å². The van der Waals surface area contributed by atoms with E-state index in [1.807, 2.05) is 33.3 Å². The molecule has 0 aromatic carbocycles. The molecule has 0 aliphatic heterocycles. The average Bonchev–Trinajstić information content (AvgIpc) is 3.31. The SMILES string of the molecule is CCCCC/C=C\C/C=C\C/C=C\C/C=C\CCCCCC(=O)NC(COP(=O)([O-])OCC[N+](C)(C)C)C(/C=C\CCCCCCCCCCC)OC(=O)CCCCCCCCCCCCCCC. The average molecular weight is 990 g/mol. The number of phosphoric acid groups is 1. The predicted molar refractivity (Wildman–Crippen MR) is 293 cm³/mol. The van der Waals surface area contributed by atoms with Gasteiger partial charge in [0.15, 0.2) is 0 Å². The highest BCUT2D eigenvalue weighted by Gasteiger charge is 2.27. The zero-order valence-corrected chi connectivity index (χ0v) is 46.7. The zero-order chi connectivity index (χ0) is 50.8.